The second-order valence-electron chi connectivity index (χ2n) is 6.47. The average Bonchev–Trinajstić information content (AvgIpc) is 2.56. The van der Waals surface area contributed by atoms with E-state index in [1.807, 2.05) is 63.2 Å². The molecule has 0 radical (unpaired) electrons. The molecule has 0 bridgehead atoms. The predicted molar refractivity (Wildman–Crippen MR) is 102 cm³/mol. The Morgan fingerprint density at radius 2 is 1.60 bits per heavy atom. The molecule has 2 rings (SSSR count). The Morgan fingerprint density at radius 3 is 2.20 bits per heavy atom. The van der Waals surface area contributed by atoms with Gasteiger partial charge in [-0.3, -0.25) is 9.59 Å². The fourth-order valence-electron chi connectivity index (χ4n) is 2.76. The molecule has 132 valence electrons. The number of carbonyl (C=O) groups is 2. The van der Waals surface area contributed by atoms with Gasteiger partial charge in [0.2, 0.25) is 11.8 Å². The Kier molecular flexibility index (Phi) is 6.34. The number of hydrogen-bond acceptors (Lipinski definition) is 2. The van der Waals surface area contributed by atoms with Gasteiger partial charge in [0.15, 0.2) is 0 Å². The third-order valence-corrected chi connectivity index (χ3v) is 4.20. The van der Waals surface area contributed by atoms with Crippen molar-refractivity contribution in [2.45, 2.75) is 40.7 Å². The van der Waals surface area contributed by atoms with E-state index in [0.717, 1.165) is 22.4 Å². The van der Waals surface area contributed by atoms with Crippen LogP contribution in [-0.2, 0) is 16.1 Å². The first-order chi connectivity index (χ1) is 11.9. The molecule has 0 spiro atoms. The third-order valence-electron chi connectivity index (χ3n) is 4.20. The summed E-state index contributed by atoms with van der Waals surface area (Å²) in [6.07, 6.45) is 0.277. The van der Waals surface area contributed by atoms with E-state index in [9.17, 15) is 9.59 Å². The number of nitrogens with zero attached hydrogens (tertiary/aromatic N) is 1. The van der Waals surface area contributed by atoms with Gasteiger partial charge in [-0.2, -0.15) is 0 Å². The molecule has 2 aromatic carbocycles. The molecule has 0 heterocycles. The molecule has 4 nitrogen and oxygen atoms in total. The summed E-state index contributed by atoms with van der Waals surface area (Å²) in [4.78, 5) is 25.8. The lowest BCUT2D eigenvalue weighted by atomic mass is 10.1. The fourth-order valence-corrected chi connectivity index (χ4v) is 2.76. The number of amides is 2. The molecule has 2 amide bonds. The van der Waals surface area contributed by atoms with Crippen LogP contribution in [0.3, 0.4) is 0 Å². The molecule has 0 unspecified atom stereocenters. The van der Waals surface area contributed by atoms with Crippen LogP contribution in [0.15, 0.2) is 42.5 Å². The van der Waals surface area contributed by atoms with Gasteiger partial charge < -0.3 is 10.2 Å². The summed E-state index contributed by atoms with van der Waals surface area (Å²) in [5.41, 5.74) is 5.32. The van der Waals surface area contributed by atoms with Gasteiger partial charge in [-0.15, -0.1) is 0 Å². The van der Waals surface area contributed by atoms with Crippen LogP contribution < -0.4 is 10.2 Å². The average molecular weight is 338 g/mol. The first-order valence-electron chi connectivity index (χ1n) is 8.54. The highest BCUT2D eigenvalue weighted by atomic mass is 16.2. The summed E-state index contributed by atoms with van der Waals surface area (Å²) in [5, 5.41) is 2.91. The van der Waals surface area contributed by atoms with Crippen LogP contribution in [0.25, 0.3) is 0 Å². The normalized spacial score (nSPS) is 10.4. The molecular weight excluding hydrogens is 312 g/mol. The van der Waals surface area contributed by atoms with Gasteiger partial charge in [0.25, 0.3) is 0 Å². The molecule has 0 aliphatic rings. The van der Waals surface area contributed by atoms with Crippen molar-refractivity contribution in [3.05, 3.63) is 64.7 Å². The van der Waals surface area contributed by atoms with Gasteiger partial charge in [-0.25, -0.2) is 0 Å². The Labute approximate surface area is 149 Å². The van der Waals surface area contributed by atoms with E-state index in [1.165, 1.54) is 12.5 Å². The maximum absolute atomic E-state index is 12.1. The Balaban J connectivity index is 1.93. The number of anilines is 1. The van der Waals surface area contributed by atoms with E-state index in [2.05, 4.69) is 5.32 Å². The minimum Gasteiger partial charge on any atom is -0.352 e. The lowest BCUT2D eigenvalue weighted by Gasteiger charge is -2.23. The van der Waals surface area contributed by atoms with Gasteiger partial charge >= 0.3 is 0 Å². The topological polar surface area (TPSA) is 49.4 Å². The SMILES string of the molecule is CC(=O)N(CCC(=O)NCc1ccc(C)cc1)c1ccc(C)cc1C. The Hall–Kier alpha value is -2.62. The maximum atomic E-state index is 12.1. The van der Waals surface area contributed by atoms with E-state index in [-0.39, 0.29) is 18.2 Å². The zero-order valence-electron chi connectivity index (χ0n) is 15.4. The van der Waals surface area contributed by atoms with Crippen molar-refractivity contribution in [3.8, 4) is 0 Å². The van der Waals surface area contributed by atoms with Gasteiger partial charge in [-0.05, 0) is 38.0 Å². The van der Waals surface area contributed by atoms with E-state index in [4.69, 9.17) is 0 Å². The third kappa shape index (κ3) is 5.45. The van der Waals surface area contributed by atoms with Crippen LogP contribution in [-0.4, -0.2) is 18.4 Å². The molecule has 0 aliphatic heterocycles. The van der Waals surface area contributed by atoms with Crippen LogP contribution in [0, 0.1) is 20.8 Å². The van der Waals surface area contributed by atoms with Crippen LogP contribution in [0.4, 0.5) is 5.69 Å². The molecule has 0 saturated carbocycles. The standard InChI is InChI=1S/C21H26N2O2/c1-15-5-8-19(9-6-15)14-22-21(25)11-12-23(18(4)24)20-10-7-16(2)13-17(20)3/h5-10,13H,11-12,14H2,1-4H3,(H,22,25). The predicted octanol–water partition coefficient (Wildman–Crippen LogP) is 3.67. The van der Waals surface area contributed by atoms with Crippen LogP contribution >= 0.6 is 0 Å². The lowest BCUT2D eigenvalue weighted by Crippen LogP contribution is -2.34. The second-order valence-corrected chi connectivity index (χ2v) is 6.47. The summed E-state index contributed by atoms with van der Waals surface area (Å²) in [6, 6.07) is 14.0. The molecule has 0 aromatic heterocycles. The Morgan fingerprint density at radius 1 is 0.960 bits per heavy atom. The number of nitrogens with one attached hydrogen (secondary N) is 1. The summed E-state index contributed by atoms with van der Waals surface area (Å²) in [7, 11) is 0. The van der Waals surface area contributed by atoms with Crippen LogP contribution in [0.5, 0.6) is 0 Å². The maximum Gasteiger partial charge on any atom is 0.223 e. The summed E-state index contributed by atoms with van der Waals surface area (Å²) in [6.45, 7) is 8.44. The van der Waals surface area contributed by atoms with Crippen molar-refractivity contribution in [1.29, 1.82) is 0 Å². The fraction of sp³-hybridized carbons (Fsp3) is 0.333. The molecule has 25 heavy (non-hydrogen) atoms. The molecule has 0 atom stereocenters. The molecular formula is C21H26N2O2. The molecule has 4 heteroatoms. The van der Waals surface area contributed by atoms with Crippen molar-refractivity contribution < 1.29 is 9.59 Å². The monoisotopic (exact) mass is 338 g/mol. The van der Waals surface area contributed by atoms with Crippen molar-refractivity contribution in [1.82, 2.24) is 5.32 Å². The summed E-state index contributed by atoms with van der Waals surface area (Å²) in [5.74, 6) is -0.116. The van der Waals surface area contributed by atoms with Gasteiger partial charge in [0, 0.05) is 32.1 Å². The number of rotatable bonds is 6. The van der Waals surface area contributed by atoms with Crippen molar-refractivity contribution in [2.24, 2.45) is 0 Å². The minimum absolute atomic E-state index is 0.0571. The molecule has 2 aromatic rings. The number of hydrogen-bond donors (Lipinski definition) is 1. The van der Waals surface area contributed by atoms with Gasteiger partial charge in [0.1, 0.15) is 0 Å². The highest BCUT2D eigenvalue weighted by molar-refractivity contribution is 5.93. The van der Waals surface area contributed by atoms with Crippen molar-refractivity contribution in [2.75, 3.05) is 11.4 Å². The molecule has 0 fully saturated rings. The molecule has 0 saturated heterocycles. The quantitative estimate of drug-likeness (QED) is 0.873. The van der Waals surface area contributed by atoms with E-state index in [0.29, 0.717) is 13.1 Å². The largest absolute Gasteiger partial charge is 0.352 e. The molecule has 1 N–H and O–H groups in total. The minimum atomic E-state index is -0.0587. The number of benzene rings is 2. The van der Waals surface area contributed by atoms with E-state index < -0.39 is 0 Å². The summed E-state index contributed by atoms with van der Waals surface area (Å²) >= 11 is 0. The van der Waals surface area contributed by atoms with Crippen LogP contribution in [0.1, 0.15) is 35.6 Å². The smallest absolute Gasteiger partial charge is 0.223 e. The molecule has 0 aliphatic carbocycles. The zero-order valence-corrected chi connectivity index (χ0v) is 15.4. The van der Waals surface area contributed by atoms with Gasteiger partial charge in [-0.1, -0.05) is 47.5 Å². The number of aryl methyl sites for hydroxylation is 3. The second kappa shape index (κ2) is 8.47. The number of carbonyl (C=O) groups excluding carboxylic acids is 2. The van der Waals surface area contributed by atoms with Crippen molar-refractivity contribution >= 4 is 17.5 Å². The van der Waals surface area contributed by atoms with Gasteiger partial charge in [0.05, 0.1) is 0 Å². The first kappa shape index (κ1) is 18.7. The van der Waals surface area contributed by atoms with Crippen molar-refractivity contribution in [3.63, 3.8) is 0 Å². The highest BCUT2D eigenvalue weighted by Crippen LogP contribution is 2.21. The van der Waals surface area contributed by atoms with E-state index in [1.54, 1.807) is 4.90 Å². The Bertz CT molecular complexity index is 751. The lowest BCUT2D eigenvalue weighted by molar-refractivity contribution is -0.121. The van der Waals surface area contributed by atoms with Crippen LogP contribution in [0.2, 0.25) is 0 Å². The highest BCUT2D eigenvalue weighted by Gasteiger charge is 2.15. The summed E-state index contributed by atoms with van der Waals surface area (Å²) < 4.78 is 0. The zero-order chi connectivity index (χ0) is 18.4. The first-order valence-corrected chi connectivity index (χ1v) is 8.54. The van der Waals surface area contributed by atoms with E-state index >= 15 is 0 Å².